The summed E-state index contributed by atoms with van der Waals surface area (Å²) < 4.78 is 1.82. The van der Waals surface area contributed by atoms with Gasteiger partial charge in [0.15, 0.2) is 0 Å². The third-order valence-electron chi connectivity index (χ3n) is 6.04. The number of amides is 2. The topological polar surface area (TPSA) is 67.2 Å². The van der Waals surface area contributed by atoms with Gasteiger partial charge in [-0.1, -0.05) is 13.8 Å². The highest BCUT2D eigenvalue weighted by Crippen LogP contribution is 2.33. The molecule has 1 saturated heterocycles. The van der Waals surface area contributed by atoms with Gasteiger partial charge in [0, 0.05) is 31.4 Å². The van der Waals surface area contributed by atoms with Crippen molar-refractivity contribution in [3.8, 4) is 0 Å². The van der Waals surface area contributed by atoms with Crippen LogP contribution in [0.2, 0.25) is 0 Å². The zero-order chi connectivity index (χ0) is 19.1. The molecule has 2 aromatic rings. The monoisotopic (exact) mass is 388 g/mol. The summed E-state index contributed by atoms with van der Waals surface area (Å²) in [5.41, 5.74) is 0.843. The van der Waals surface area contributed by atoms with Crippen molar-refractivity contribution >= 4 is 33.4 Å². The Morgan fingerprint density at radius 1 is 1.22 bits per heavy atom. The molecule has 6 nitrogen and oxygen atoms in total. The lowest BCUT2D eigenvalue weighted by molar-refractivity contribution is -0.129. The molecular weight excluding hydrogens is 360 g/mol. The number of aryl methyl sites for hydroxylation is 1. The molecule has 1 aliphatic carbocycles. The molecule has 27 heavy (non-hydrogen) atoms. The average molecular weight is 389 g/mol. The van der Waals surface area contributed by atoms with Gasteiger partial charge in [0.05, 0.1) is 17.1 Å². The van der Waals surface area contributed by atoms with Crippen LogP contribution in [-0.4, -0.2) is 39.6 Å². The predicted octanol–water partition coefficient (Wildman–Crippen LogP) is 3.17. The van der Waals surface area contributed by atoms with Crippen LogP contribution in [0.3, 0.4) is 0 Å². The summed E-state index contributed by atoms with van der Waals surface area (Å²) in [5, 5.41) is 8.56. The summed E-state index contributed by atoms with van der Waals surface area (Å²) in [6.45, 7) is 6.54. The maximum Gasteiger partial charge on any atom is 0.264 e. The number of carbonyl (C=O) groups excluding carboxylic acids is 2. The normalized spacial score (nSPS) is 23.4. The van der Waals surface area contributed by atoms with Crippen LogP contribution in [0, 0.1) is 17.8 Å². The van der Waals surface area contributed by atoms with Crippen molar-refractivity contribution in [1.82, 2.24) is 20.0 Å². The maximum absolute atomic E-state index is 12.9. The average Bonchev–Trinajstić information content (AvgIpc) is 3.18. The van der Waals surface area contributed by atoms with Crippen LogP contribution in [0.5, 0.6) is 0 Å². The van der Waals surface area contributed by atoms with E-state index in [-0.39, 0.29) is 17.7 Å². The van der Waals surface area contributed by atoms with E-state index in [9.17, 15) is 9.59 Å². The number of piperidine rings is 1. The largest absolute Gasteiger partial charge is 0.350 e. The first-order chi connectivity index (χ1) is 12.9. The molecule has 2 fully saturated rings. The minimum atomic E-state index is 0.126. The van der Waals surface area contributed by atoms with Gasteiger partial charge in [0.25, 0.3) is 5.91 Å². The highest BCUT2D eigenvalue weighted by Gasteiger charge is 2.31. The number of likely N-dealkylation sites (tertiary alicyclic amines) is 1. The van der Waals surface area contributed by atoms with Gasteiger partial charge >= 0.3 is 0 Å². The number of nitrogens with one attached hydrogen (secondary N) is 1. The van der Waals surface area contributed by atoms with E-state index < -0.39 is 0 Å². The van der Waals surface area contributed by atoms with Crippen LogP contribution in [0.15, 0.2) is 6.07 Å². The summed E-state index contributed by atoms with van der Waals surface area (Å²) in [4.78, 5) is 28.8. The van der Waals surface area contributed by atoms with Gasteiger partial charge in [-0.3, -0.25) is 14.3 Å². The Kier molecular flexibility index (Phi) is 4.97. The molecule has 3 heterocycles. The lowest BCUT2D eigenvalue weighted by Gasteiger charge is -2.31. The molecule has 2 aromatic heterocycles. The van der Waals surface area contributed by atoms with Crippen molar-refractivity contribution < 1.29 is 9.59 Å². The molecule has 0 radical (unpaired) electrons. The first-order valence-corrected chi connectivity index (χ1v) is 10.8. The number of hydrogen-bond donors (Lipinski definition) is 1. The summed E-state index contributed by atoms with van der Waals surface area (Å²) in [7, 11) is 1.90. The van der Waals surface area contributed by atoms with Crippen LogP contribution >= 0.6 is 11.3 Å². The summed E-state index contributed by atoms with van der Waals surface area (Å²) in [6.07, 6.45) is 4.12. The van der Waals surface area contributed by atoms with Gasteiger partial charge in [0.2, 0.25) is 5.91 Å². The molecule has 1 N–H and O–H groups in total. The number of carbonyl (C=O) groups is 2. The van der Waals surface area contributed by atoms with Gasteiger partial charge in [0.1, 0.15) is 4.83 Å². The third-order valence-corrected chi connectivity index (χ3v) is 7.23. The lowest BCUT2D eigenvalue weighted by Crippen LogP contribution is -2.37. The minimum Gasteiger partial charge on any atom is -0.350 e. The number of aromatic nitrogens is 2. The Hall–Kier alpha value is -1.89. The van der Waals surface area contributed by atoms with Crippen molar-refractivity contribution in [2.45, 2.75) is 46.1 Å². The number of nitrogens with zero attached hydrogens (tertiary/aromatic N) is 3. The zero-order valence-electron chi connectivity index (χ0n) is 16.3. The molecule has 4 rings (SSSR count). The minimum absolute atomic E-state index is 0.126. The van der Waals surface area contributed by atoms with Gasteiger partial charge < -0.3 is 10.2 Å². The Morgan fingerprint density at radius 2 is 1.93 bits per heavy atom. The maximum atomic E-state index is 12.9. The second-order valence-corrected chi connectivity index (χ2v) is 9.40. The molecule has 0 atom stereocenters. The number of rotatable bonds is 4. The number of thiophene rings is 1. The van der Waals surface area contributed by atoms with Crippen LogP contribution in [0.25, 0.3) is 10.2 Å². The summed E-state index contributed by atoms with van der Waals surface area (Å²) in [5.74, 6) is 1.77. The molecular formula is C20H28N4O2S. The Bertz CT molecular complexity index is 857. The standard InChI is InChI=1S/C20H28N4O2S/c1-12-4-6-24(7-5-12)19(26)17-10-15-16(22-23(3)20(15)27-17)11-21-18(25)14-8-13(2)9-14/h10,12-14H,4-9,11H2,1-3H3,(H,21,25). The fraction of sp³-hybridized carbons (Fsp3) is 0.650. The van der Waals surface area contributed by atoms with Gasteiger partial charge in [-0.15, -0.1) is 11.3 Å². The first kappa shape index (κ1) is 18.5. The molecule has 146 valence electrons. The van der Waals surface area contributed by atoms with Gasteiger partial charge in [-0.25, -0.2) is 0 Å². The quantitative estimate of drug-likeness (QED) is 0.875. The Balaban J connectivity index is 1.46. The molecule has 0 unspecified atom stereocenters. The number of hydrogen-bond acceptors (Lipinski definition) is 4. The molecule has 0 aromatic carbocycles. The number of fused-ring (bicyclic) bond motifs is 1. The molecule has 0 spiro atoms. The summed E-state index contributed by atoms with van der Waals surface area (Å²) in [6, 6.07) is 1.96. The van der Waals surface area contributed by atoms with Crippen molar-refractivity contribution in [1.29, 1.82) is 0 Å². The van der Waals surface area contributed by atoms with E-state index in [4.69, 9.17) is 0 Å². The Labute approximate surface area is 163 Å². The fourth-order valence-corrected chi connectivity index (χ4v) is 5.21. The highest BCUT2D eigenvalue weighted by molar-refractivity contribution is 7.20. The van der Waals surface area contributed by atoms with Gasteiger partial charge in [-0.05, 0) is 43.6 Å². The molecule has 1 saturated carbocycles. The van der Waals surface area contributed by atoms with Crippen molar-refractivity contribution in [3.63, 3.8) is 0 Å². The van der Waals surface area contributed by atoms with E-state index >= 15 is 0 Å². The Morgan fingerprint density at radius 3 is 2.59 bits per heavy atom. The van der Waals surface area contributed by atoms with Crippen LogP contribution < -0.4 is 5.32 Å². The van der Waals surface area contributed by atoms with E-state index in [1.165, 1.54) is 11.3 Å². The van der Waals surface area contributed by atoms with E-state index in [0.29, 0.717) is 18.4 Å². The lowest BCUT2D eigenvalue weighted by atomic mass is 9.76. The van der Waals surface area contributed by atoms with Crippen molar-refractivity contribution in [2.75, 3.05) is 13.1 Å². The van der Waals surface area contributed by atoms with Crippen LogP contribution in [-0.2, 0) is 18.4 Å². The molecule has 7 heteroatoms. The van der Waals surface area contributed by atoms with Crippen molar-refractivity contribution in [2.24, 2.45) is 24.8 Å². The second-order valence-electron chi connectivity index (χ2n) is 8.37. The summed E-state index contributed by atoms with van der Waals surface area (Å²) >= 11 is 1.50. The van der Waals surface area contributed by atoms with Crippen LogP contribution in [0.1, 0.15) is 54.9 Å². The predicted molar refractivity (Wildman–Crippen MR) is 107 cm³/mol. The van der Waals surface area contributed by atoms with E-state index in [1.807, 2.05) is 22.7 Å². The molecule has 0 bridgehead atoms. The smallest absolute Gasteiger partial charge is 0.264 e. The van der Waals surface area contributed by atoms with Gasteiger partial charge in [-0.2, -0.15) is 5.10 Å². The van der Waals surface area contributed by atoms with Crippen molar-refractivity contribution in [3.05, 3.63) is 16.6 Å². The molecule has 1 aliphatic heterocycles. The zero-order valence-corrected chi connectivity index (χ0v) is 17.1. The van der Waals surface area contributed by atoms with E-state index in [1.54, 1.807) is 0 Å². The third kappa shape index (κ3) is 3.61. The molecule has 2 amide bonds. The molecule has 2 aliphatic rings. The van der Waals surface area contributed by atoms with E-state index in [0.717, 1.165) is 59.6 Å². The SMILES string of the molecule is CC1CCN(C(=O)c2cc3c(CNC(=O)C4CC(C)C4)nn(C)c3s2)CC1. The fourth-order valence-electron chi connectivity index (χ4n) is 4.14. The highest BCUT2D eigenvalue weighted by atomic mass is 32.1. The second kappa shape index (κ2) is 7.26. The first-order valence-electron chi connectivity index (χ1n) is 9.94. The van der Waals surface area contributed by atoms with E-state index in [2.05, 4.69) is 24.3 Å². The van der Waals surface area contributed by atoms with Crippen LogP contribution in [0.4, 0.5) is 0 Å².